The maximum Gasteiger partial charge on any atom is 0.170 e. The second kappa shape index (κ2) is 10.5. The van der Waals surface area contributed by atoms with Crippen LogP contribution in [0.1, 0.15) is 47.2 Å². The van der Waals surface area contributed by atoms with Gasteiger partial charge in [0.2, 0.25) is 0 Å². The highest BCUT2D eigenvalue weighted by molar-refractivity contribution is 7.80. The van der Waals surface area contributed by atoms with Gasteiger partial charge in [-0.25, -0.2) is 0 Å². The minimum absolute atomic E-state index is 0.00445. The molecule has 0 radical (unpaired) electrons. The molecule has 5 rings (SSSR count). The van der Waals surface area contributed by atoms with Crippen molar-refractivity contribution in [3.63, 3.8) is 0 Å². The van der Waals surface area contributed by atoms with Crippen molar-refractivity contribution < 1.29 is 4.74 Å². The number of rotatable bonds is 7. The molecule has 2 aliphatic rings. The number of thiocarbonyl (C=S) groups is 1. The highest BCUT2D eigenvalue weighted by Gasteiger charge is 2.41. The zero-order valence-corrected chi connectivity index (χ0v) is 21.7. The minimum atomic E-state index is 0.00445. The largest absolute Gasteiger partial charge is 0.379 e. The van der Waals surface area contributed by atoms with Crippen LogP contribution in [0.15, 0.2) is 54.7 Å². The number of hydrogen-bond donors (Lipinski definition) is 1. The van der Waals surface area contributed by atoms with Crippen molar-refractivity contribution in [3.8, 4) is 5.69 Å². The second-order valence-corrected chi connectivity index (χ2v) is 9.84. The van der Waals surface area contributed by atoms with Gasteiger partial charge >= 0.3 is 0 Å². The monoisotopic (exact) mass is 489 g/mol. The number of benzene rings is 1. The highest BCUT2D eigenvalue weighted by Crippen LogP contribution is 2.41. The normalized spacial score (nSPS) is 20.9. The molecule has 0 unspecified atom stereocenters. The second-order valence-electron chi connectivity index (χ2n) is 9.46. The molecule has 184 valence electrons. The average Bonchev–Trinajstić information content (AvgIpc) is 3.38. The van der Waals surface area contributed by atoms with Crippen LogP contribution in [-0.2, 0) is 11.2 Å². The lowest BCUT2D eigenvalue weighted by Crippen LogP contribution is -2.42. The van der Waals surface area contributed by atoms with E-state index in [-0.39, 0.29) is 12.1 Å². The molecule has 2 aromatic heterocycles. The fourth-order valence-electron chi connectivity index (χ4n) is 5.42. The van der Waals surface area contributed by atoms with Crippen LogP contribution in [0.4, 0.5) is 0 Å². The SMILES string of the molecule is CCc1ccc(-n2c(C)cc([C@H]3[C@H](c4ccccn4)NC(=S)N3CCN3CCOCC3)c2C)cc1. The predicted octanol–water partition coefficient (Wildman–Crippen LogP) is 4.36. The summed E-state index contributed by atoms with van der Waals surface area (Å²) in [5, 5.41) is 4.41. The quantitative estimate of drug-likeness (QED) is 0.498. The van der Waals surface area contributed by atoms with E-state index in [1.165, 1.54) is 28.2 Å². The van der Waals surface area contributed by atoms with E-state index >= 15 is 0 Å². The van der Waals surface area contributed by atoms with Gasteiger partial charge in [0.25, 0.3) is 0 Å². The summed E-state index contributed by atoms with van der Waals surface area (Å²) in [6, 6.07) is 17.4. The fraction of sp³-hybridized carbons (Fsp3) is 0.429. The number of nitrogens with zero attached hydrogens (tertiary/aromatic N) is 4. The van der Waals surface area contributed by atoms with Crippen molar-refractivity contribution in [2.75, 3.05) is 39.4 Å². The lowest BCUT2D eigenvalue weighted by molar-refractivity contribution is 0.0350. The van der Waals surface area contributed by atoms with E-state index in [9.17, 15) is 0 Å². The van der Waals surface area contributed by atoms with Crippen LogP contribution in [-0.4, -0.2) is 63.9 Å². The molecule has 0 amide bonds. The lowest BCUT2D eigenvalue weighted by Gasteiger charge is -2.32. The molecule has 2 aliphatic heterocycles. The molecule has 7 heteroatoms. The number of ether oxygens (including phenoxy) is 1. The van der Waals surface area contributed by atoms with E-state index in [4.69, 9.17) is 21.9 Å². The standard InChI is InChI=1S/C28H35N5OS/c1-4-22-8-10-23(11-9-22)33-20(2)19-24(21(33)3)27-26(25-7-5-6-12-29-25)30-28(35)32(27)14-13-31-15-17-34-18-16-31/h5-12,19,26-27H,4,13-18H2,1-3H3,(H,30,35)/t26-,27-/m0/s1. The number of pyridine rings is 1. The zero-order valence-electron chi connectivity index (χ0n) is 20.9. The molecule has 6 nitrogen and oxygen atoms in total. The van der Waals surface area contributed by atoms with E-state index in [0.29, 0.717) is 0 Å². The van der Waals surface area contributed by atoms with Gasteiger partial charge in [0.05, 0.1) is 31.0 Å². The minimum Gasteiger partial charge on any atom is -0.379 e. The van der Waals surface area contributed by atoms with Crippen LogP contribution in [0.2, 0.25) is 0 Å². The number of morpholine rings is 1. The molecule has 0 aliphatic carbocycles. The maximum absolute atomic E-state index is 5.90. The van der Waals surface area contributed by atoms with Gasteiger partial charge in [-0.3, -0.25) is 9.88 Å². The van der Waals surface area contributed by atoms with Crippen molar-refractivity contribution >= 4 is 17.3 Å². The summed E-state index contributed by atoms with van der Waals surface area (Å²) in [6.45, 7) is 12.0. The Balaban J connectivity index is 1.51. The number of nitrogens with one attached hydrogen (secondary N) is 1. The van der Waals surface area contributed by atoms with E-state index in [1.54, 1.807) is 0 Å². The Morgan fingerprint density at radius 3 is 2.51 bits per heavy atom. The first kappa shape index (κ1) is 24.0. The summed E-state index contributed by atoms with van der Waals surface area (Å²) in [5.74, 6) is 0. The number of aromatic nitrogens is 2. The van der Waals surface area contributed by atoms with Crippen LogP contribution >= 0.6 is 12.2 Å². The third-order valence-electron chi connectivity index (χ3n) is 7.35. The molecule has 0 spiro atoms. The summed E-state index contributed by atoms with van der Waals surface area (Å²) in [7, 11) is 0. The summed E-state index contributed by atoms with van der Waals surface area (Å²) in [5.41, 5.74) is 7.35. The van der Waals surface area contributed by atoms with Crippen LogP contribution in [0.3, 0.4) is 0 Å². The van der Waals surface area contributed by atoms with Crippen LogP contribution < -0.4 is 5.32 Å². The number of hydrogen-bond acceptors (Lipinski definition) is 4. The van der Waals surface area contributed by atoms with Gasteiger partial charge in [-0.05, 0) is 73.9 Å². The molecule has 2 fully saturated rings. The Hall–Kier alpha value is -2.74. The van der Waals surface area contributed by atoms with Crippen molar-refractivity contribution in [3.05, 3.63) is 82.9 Å². The first-order valence-electron chi connectivity index (χ1n) is 12.6. The van der Waals surface area contributed by atoms with E-state index < -0.39 is 0 Å². The molecule has 3 aromatic rings. The predicted molar refractivity (Wildman–Crippen MR) is 144 cm³/mol. The van der Waals surface area contributed by atoms with E-state index in [0.717, 1.165) is 56.6 Å². The van der Waals surface area contributed by atoms with Gasteiger partial charge in [-0.15, -0.1) is 0 Å². The first-order chi connectivity index (χ1) is 17.1. The molecule has 0 bridgehead atoms. The van der Waals surface area contributed by atoms with Gasteiger partial charge in [0.15, 0.2) is 5.11 Å². The Kier molecular flexibility index (Phi) is 7.18. The zero-order chi connectivity index (χ0) is 24.4. The summed E-state index contributed by atoms with van der Waals surface area (Å²) in [6.07, 6.45) is 2.91. The smallest absolute Gasteiger partial charge is 0.170 e. The molecule has 1 aromatic carbocycles. The molecule has 1 N–H and O–H groups in total. The summed E-state index contributed by atoms with van der Waals surface area (Å²) < 4.78 is 7.91. The van der Waals surface area contributed by atoms with E-state index in [2.05, 4.69) is 82.9 Å². The fourth-order valence-corrected chi connectivity index (χ4v) is 5.76. The van der Waals surface area contributed by atoms with Crippen molar-refractivity contribution in [1.82, 2.24) is 24.7 Å². The maximum atomic E-state index is 5.90. The lowest BCUT2D eigenvalue weighted by atomic mass is 9.96. The molecule has 0 saturated carbocycles. The molecular weight excluding hydrogens is 454 g/mol. The topological polar surface area (TPSA) is 45.6 Å². The van der Waals surface area contributed by atoms with Crippen LogP contribution in [0.5, 0.6) is 0 Å². The van der Waals surface area contributed by atoms with Crippen molar-refractivity contribution in [2.45, 2.75) is 39.3 Å². The van der Waals surface area contributed by atoms with E-state index in [1.807, 2.05) is 12.3 Å². The van der Waals surface area contributed by atoms with Gasteiger partial charge in [0.1, 0.15) is 0 Å². The molecule has 35 heavy (non-hydrogen) atoms. The Morgan fingerprint density at radius 2 is 1.83 bits per heavy atom. The molecular formula is C28H35N5OS. The van der Waals surface area contributed by atoms with Crippen molar-refractivity contribution in [2.24, 2.45) is 0 Å². The number of aryl methyl sites for hydroxylation is 2. The van der Waals surface area contributed by atoms with Gasteiger partial charge in [0, 0.05) is 49.5 Å². The Morgan fingerprint density at radius 1 is 1.06 bits per heavy atom. The van der Waals surface area contributed by atoms with Gasteiger partial charge < -0.3 is 19.5 Å². The molecule has 2 atom stereocenters. The average molecular weight is 490 g/mol. The first-order valence-corrected chi connectivity index (χ1v) is 13.0. The molecule has 2 saturated heterocycles. The highest BCUT2D eigenvalue weighted by atomic mass is 32.1. The summed E-state index contributed by atoms with van der Waals surface area (Å²) in [4.78, 5) is 9.55. The van der Waals surface area contributed by atoms with Crippen LogP contribution in [0.25, 0.3) is 5.69 Å². The van der Waals surface area contributed by atoms with Crippen molar-refractivity contribution in [1.29, 1.82) is 0 Å². The molecule has 4 heterocycles. The third kappa shape index (κ3) is 4.85. The summed E-state index contributed by atoms with van der Waals surface area (Å²) >= 11 is 5.90. The third-order valence-corrected chi connectivity index (χ3v) is 7.70. The van der Waals surface area contributed by atoms with Gasteiger partial charge in [-0.1, -0.05) is 25.1 Å². The Labute approximate surface area is 213 Å². The van der Waals surface area contributed by atoms with Crippen LogP contribution in [0, 0.1) is 13.8 Å². The van der Waals surface area contributed by atoms with Gasteiger partial charge in [-0.2, -0.15) is 0 Å². The Bertz CT molecular complexity index is 1150.